The Morgan fingerprint density at radius 2 is 1.17 bits per heavy atom. The van der Waals surface area contributed by atoms with E-state index in [2.05, 4.69) is 21.1 Å². The number of nitrogens with one attached hydrogen (secondary N) is 2. The molecule has 2 N–H and O–H groups in total. The van der Waals surface area contributed by atoms with Crippen LogP contribution in [0.1, 0.15) is 23.0 Å². The highest BCUT2D eigenvalue weighted by atomic mass is 16.1. The fraction of sp³-hybridized carbons (Fsp3) is 0.211. The maximum absolute atomic E-state index is 13.1. The van der Waals surface area contributed by atoms with Crippen LogP contribution in [0, 0.1) is 0 Å². The SMILES string of the molecule is O=C(C1=NNCC1c1ccccc1)C1=NNCC1c1ccccc1. The molecule has 2 aromatic carbocycles. The third kappa shape index (κ3) is 2.58. The third-order valence-corrected chi connectivity index (χ3v) is 4.52. The van der Waals surface area contributed by atoms with Crippen molar-refractivity contribution in [3.63, 3.8) is 0 Å². The second-order valence-corrected chi connectivity index (χ2v) is 5.97. The molecule has 2 aromatic rings. The Balaban J connectivity index is 1.61. The van der Waals surface area contributed by atoms with Crippen LogP contribution in [0.3, 0.4) is 0 Å². The van der Waals surface area contributed by atoms with Crippen molar-refractivity contribution in [3.05, 3.63) is 71.8 Å². The predicted molar refractivity (Wildman–Crippen MR) is 94.2 cm³/mol. The molecule has 0 fully saturated rings. The molecule has 2 heterocycles. The average molecular weight is 318 g/mol. The Bertz CT molecular complexity index is 731. The molecule has 4 rings (SSSR count). The van der Waals surface area contributed by atoms with Crippen molar-refractivity contribution in [2.24, 2.45) is 10.2 Å². The van der Waals surface area contributed by atoms with E-state index in [1.165, 1.54) is 0 Å². The molecule has 5 nitrogen and oxygen atoms in total. The monoisotopic (exact) mass is 318 g/mol. The summed E-state index contributed by atoms with van der Waals surface area (Å²) in [6, 6.07) is 20.0. The zero-order valence-electron chi connectivity index (χ0n) is 13.1. The van der Waals surface area contributed by atoms with Gasteiger partial charge in [0, 0.05) is 13.1 Å². The first kappa shape index (κ1) is 14.6. The van der Waals surface area contributed by atoms with Crippen molar-refractivity contribution in [1.29, 1.82) is 0 Å². The highest BCUT2D eigenvalue weighted by Crippen LogP contribution is 2.25. The van der Waals surface area contributed by atoms with Crippen LogP contribution >= 0.6 is 0 Å². The molecule has 0 aliphatic carbocycles. The summed E-state index contributed by atoms with van der Waals surface area (Å²) < 4.78 is 0. The van der Waals surface area contributed by atoms with Crippen molar-refractivity contribution in [2.75, 3.05) is 13.1 Å². The van der Waals surface area contributed by atoms with E-state index in [1.807, 2.05) is 60.7 Å². The Kier molecular flexibility index (Phi) is 3.83. The molecule has 2 aliphatic rings. The molecule has 0 saturated heterocycles. The van der Waals surface area contributed by atoms with Crippen LogP contribution in [0.4, 0.5) is 0 Å². The van der Waals surface area contributed by atoms with Gasteiger partial charge >= 0.3 is 0 Å². The van der Waals surface area contributed by atoms with E-state index in [4.69, 9.17) is 0 Å². The first-order chi connectivity index (χ1) is 11.8. The lowest BCUT2D eigenvalue weighted by molar-refractivity contribution is -0.107. The summed E-state index contributed by atoms with van der Waals surface area (Å²) in [5, 5.41) is 8.55. The fourth-order valence-corrected chi connectivity index (χ4v) is 3.26. The molecule has 2 atom stereocenters. The first-order valence-corrected chi connectivity index (χ1v) is 8.10. The summed E-state index contributed by atoms with van der Waals surface area (Å²) >= 11 is 0. The van der Waals surface area contributed by atoms with E-state index in [9.17, 15) is 4.79 Å². The van der Waals surface area contributed by atoms with Crippen LogP contribution in [-0.4, -0.2) is 30.3 Å². The average Bonchev–Trinajstić information content (AvgIpc) is 3.32. The fourth-order valence-electron chi connectivity index (χ4n) is 3.26. The van der Waals surface area contributed by atoms with Gasteiger partial charge in [0.05, 0.1) is 11.8 Å². The summed E-state index contributed by atoms with van der Waals surface area (Å²) in [4.78, 5) is 13.1. The summed E-state index contributed by atoms with van der Waals surface area (Å²) in [6.45, 7) is 1.28. The molecule has 0 radical (unpaired) electrons. The highest BCUT2D eigenvalue weighted by Gasteiger charge is 2.36. The van der Waals surface area contributed by atoms with E-state index < -0.39 is 0 Å². The van der Waals surface area contributed by atoms with Gasteiger partial charge in [0.1, 0.15) is 11.4 Å². The van der Waals surface area contributed by atoms with Crippen LogP contribution in [0.5, 0.6) is 0 Å². The van der Waals surface area contributed by atoms with Gasteiger partial charge in [-0.25, -0.2) is 0 Å². The second-order valence-electron chi connectivity index (χ2n) is 5.97. The minimum atomic E-state index is -0.0762. The van der Waals surface area contributed by atoms with Crippen molar-refractivity contribution in [2.45, 2.75) is 11.8 Å². The van der Waals surface area contributed by atoms with E-state index in [1.54, 1.807) is 0 Å². The Morgan fingerprint density at radius 1 is 0.750 bits per heavy atom. The van der Waals surface area contributed by atoms with Gasteiger partial charge in [-0.3, -0.25) is 4.79 Å². The molecule has 0 saturated carbocycles. The van der Waals surface area contributed by atoms with E-state index in [0.717, 1.165) is 11.1 Å². The molecule has 0 amide bonds. The third-order valence-electron chi connectivity index (χ3n) is 4.52. The molecule has 5 heteroatoms. The van der Waals surface area contributed by atoms with Crippen LogP contribution < -0.4 is 10.9 Å². The van der Waals surface area contributed by atoms with Crippen LogP contribution in [0.25, 0.3) is 0 Å². The molecule has 2 aliphatic heterocycles. The topological polar surface area (TPSA) is 65.8 Å². The number of nitrogens with zero attached hydrogens (tertiary/aromatic N) is 2. The number of hydrazone groups is 2. The second kappa shape index (κ2) is 6.28. The number of hydrogen-bond acceptors (Lipinski definition) is 5. The maximum Gasteiger partial charge on any atom is 0.226 e. The number of benzene rings is 2. The summed E-state index contributed by atoms with van der Waals surface area (Å²) in [5.41, 5.74) is 9.22. The number of rotatable bonds is 4. The zero-order chi connectivity index (χ0) is 16.4. The summed E-state index contributed by atoms with van der Waals surface area (Å²) in [6.07, 6.45) is 0. The lowest BCUT2D eigenvalue weighted by Crippen LogP contribution is -2.31. The Hall–Kier alpha value is -2.95. The Labute approximate surface area is 140 Å². The lowest BCUT2D eigenvalue weighted by atomic mass is 9.86. The van der Waals surface area contributed by atoms with Gasteiger partial charge in [-0.2, -0.15) is 10.2 Å². The van der Waals surface area contributed by atoms with Gasteiger partial charge in [0.2, 0.25) is 5.78 Å². The van der Waals surface area contributed by atoms with E-state index in [-0.39, 0.29) is 17.6 Å². The van der Waals surface area contributed by atoms with Gasteiger partial charge in [-0.05, 0) is 11.1 Å². The molecule has 24 heavy (non-hydrogen) atoms. The molecule has 0 aromatic heterocycles. The zero-order valence-corrected chi connectivity index (χ0v) is 13.1. The Morgan fingerprint density at radius 3 is 1.58 bits per heavy atom. The van der Waals surface area contributed by atoms with Crippen molar-refractivity contribution in [1.82, 2.24) is 10.9 Å². The lowest BCUT2D eigenvalue weighted by Gasteiger charge is -2.14. The minimum absolute atomic E-state index is 0.0292. The maximum atomic E-state index is 13.1. The number of Topliss-reactive ketones (excluding diaryl/α,β-unsaturated/α-hetero) is 1. The number of carbonyl (C=O) groups is 1. The predicted octanol–water partition coefficient (Wildman–Crippen LogP) is 2.04. The summed E-state index contributed by atoms with van der Waals surface area (Å²) in [7, 11) is 0. The normalized spacial score (nSPS) is 22.3. The molecular formula is C19H18N4O. The van der Waals surface area contributed by atoms with Gasteiger partial charge in [-0.1, -0.05) is 60.7 Å². The quantitative estimate of drug-likeness (QED) is 0.906. The van der Waals surface area contributed by atoms with Crippen molar-refractivity contribution < 1.29 is 4.79 Å². The molecule has 0 bridgehead atoms. The van der Waals surface area contributed by atoms with Gasteiger partial charge in [0.25, 0.3) is 0 Å². The standard InChI is InChI=1S/C19H18N4O/c24-19(17-15(11-20-22-17)13-7-3-1-4-8-13)18-16(12-21-23-18)14-9-5-2-6-10-14/h1-10,15-16,20-21H,11-12H2. The molecule has 2 unspecified atom stereocenters. The smallest absolute Gasteiger partial charge is 0.226 e. The van der Waals surface area contributed by atoms with Crippen LogP contribution in [-0.2, 0) is 4.79 Å². The van der Waals surface area contributed by atoms with E-state index in [0.29, 0.717) is 24.5 Å². The van der Waals surface area contributed by atoms with Crippen molar-refractivity contribution in [3.8, 4) is 0 Å². The van der Waals surface area contributed by atoms with E-state index >= 15 is 0 Å². The molecule has 120 valence electrons. The molecular weight excluding hydrogens is 300 g/mol. The van der Waals surface area contributed by atoms with Gasteiger partial charge < -0.3 is 10.9 Å². The van der Waals surface area contributed by atoms with Crippen LogP contribution in [0.15, 0.2) is 70.9 Å². The summed E-state index contributed by atoms with van der Waals surface area (Å²) in [5.74, 6) is -0.135. The van der Waals surface area contributed by atoms with Crippen molar-refractivity contribution >= 4 is 17.2 Å². The van der Waals surface area contributed by atoms with Gasteiger partial charge in [0.15, 0.2) is 0 Å². The molecule has 0 spiro atoms. The van der Waals surface area contributed by atoms with Gasteiger partial charge in [-0.15, -0.1) is 0 Å². The minimum Gasteiger partial charge on any atom is -0.309 e. The first-order valence-electron chi connectivity index (χ1n) is 8.10. The van der Waals surface area contributed by atoms with Crippen LogP contribution in [0.2, 0.25) is 0 Å². The number of ketones is 1. The highest BCUT2D eigenvalue weighted by molar-refractivity contribution is 6.68. The number of hydrogen-bond donors (Lipinski definition) is 2. The largest absolute Gasteiger partial charge is 0.309 e. The number of carbonyl (C=O) groups excluding carboxylic acids is 1.